The van der Waals surface area contributed by atoms with Crippen LogP contribution in [0.15, 0.2) is 66.7 Å². The first kappa shape index (κ1) is 24.9. The third-order valence-electron chi connectivity index (χ3n) is 5.69. The van der Waals surface area contributed by atoms with Crippen LogP contribution >= 0.6 is 11.6 Å². The fourth-order valence-corrected chi connectivity index (χ4v) is 4.12. The number of nitro groups is 1. The summed E-state index contributed by atoms with van der Waals surface area (Å²) in [5.74, 6) is -0.453. The van der Waals surface area contributed by atoms with E-state index in [9.17, 15) is 19.7 Å². The van der Waals surface area contributed by atoms with E-state index in [0.29, 0.717) is 22.6 Å². The average Bonchev–Trinajstić information content (AvgIpc) is 3.16. The van der Waals surface area contributed by atoms with Crippen molar-refractivity contribution in [2.75, 3.05) is 43.2 Å². The topological polar surface area (TPSA) is 108 Å². The van der Waals surface area contributed by atoms with Crippen LogP contribution in [0.25, 0.3) is 11.3 Å². The highest BCUT2D eigenvalue weighted by Gasteiger charge is 2.32. The monoisotopic (exact) mass is 505 g/mol. The molecule has 10 heteroatoms. The van der Waals surface area contributed by atoms with Crippen molar-refractivity contribution in [3.8, 4) is 0 Å². The Kier molecular flexibility index (Phi) is 7.05. The number of halogens is 1. The van der Waals surface area contributed by atoms with Gasteiger partial charge in [0.2, 0.25) is 5.91 Å². The number of nitrogens with zero attached hydrogens (tertiary/aromatic N) is 3. The van der Waals surface area contributed by atoms with Crippen LogP contribution in [0.4, 0.5) is 22.7 Å². The number of likely N-dealkylation sites (N-methyl/N-ethyl adjacent to an activating group) is 2. The van der Waals surface area contributed by atoms with Crippen molar-refractivity contribution in [3.05, 3.63) is 93.0 Å². The first-order valence-electron chi connectivity index (χ1n) is 11.0. The van der Waals surface area contributed by atoms with Gasteiger partial charge >= 0.3 is 0 Å². The van der Waals surface area contributed by atoms with E-state index in [1.807, 2.05) is 44.4 Å². The Morgan fingerprint density at radius 3 is 2.33 bits per heavy atom. The number of nitro benzene ring substituents is 1. The van der Waals surface area contributed by atoms with Gasteiger partial charge < -0.3 is 20.4 Å². The molecule has 3 aromatic rings. The van der Waals surface area contributed by atoms with E-state index < -0.39 is 10.8 Å². The zero-order chi connectivity index (χ0) is 26.0. The lowest BCUT2D eigenvalue weighted by molar-refractivity contribution is -0.384. The number of carbonyl (C=O) groups excluding carboxylic acids is 2. The summed E-state index contributed by atoms with van der Waals surface area (Å²) in [6.45, 7) is 0.283. The number of amides is 2. The molecule has 0 bridgehead atoms. The van der Waals surface area contributed by atoms with Gasteiger partial charge in [-0.3, -0.25) is 19.7 Å². The van der Waals surface area contributed by atoms with Gasteiger partial charge in [0.15, 0.2) is 0 Å². The third-order valence-corrected chi connectivity index (χ3v) is 5.99. The highest BCUT2D eigenvalue weighted by atomic mass is 35.5. The molecule has 0 atom stereocenters. The zero-order valence-corrected chi connectivity index (χ0v) is 20.7. The minimum absolute atomic E-state index is 0.0488. The van der Waals surface area contributed by atoms with Crippen molar-refractivity contribution < 1.29 is 14.5 Å². The molecule has 184 valence electrons. The summed E-state index contributed by atoms with van der Waals surface area (Å²) in [7, 11) is 5.37. The molecule has 0 aliphatic carbocycles. The van der Waals surface area contributed by atoms with E-state index in [4.69, 9.17) is 11.6 Å². The Morgan fingerprint density at radius 1 is 1.06 bits per heavy atom. The van der Waals surface area contributed by atoms with Crippen molar-refractivity contribution in [2.45, 2.75) is 0 Å². The van der Waals surface area contributed by atoms with Gasteiger partial charge in [0, 0.05) is 30.1 Å². The summed E-state index contributed by atoms with van der Waals surface area (Å²) in [6, 6.07) is 19.1. The molecule has 0 unspecified atom stereocenters. The molecule has 36 heavy (non-hydrogen) atoms. The molecule has 0 aromatic heterocycles. The summed E-state index contributed by atoms with van der Waals surface area (Å²) in [4.78, 5) is 39.7. The fourth-order valence-electron chi connectivity index (χ4n) is 3.88. The molecule has 1 heterocycles. The number of benzene rings is 3. The lowest BCUT2D eigenvalue weighted by atomic mass is 9.99. The number of hydrogen-bond acceptors (Lipinski definition) is 6. The summed E-state index contributed by atoms with van der Waals surface area (Å²) in [5.41, 5.74) is 3.35. The van der Waals surface area contributed by atoms with Gasteiger partial charge in [0.05, 0.1) is 28.4 Å². The molecule has 1 aliphatic heterocycles. The molecular weight excluding hydrogens is 482 g/mol. The Hall–Kier alpha value is -4.21. The number of carbonyl (C=O) groups is 2. The summed E-state index contributed by atoms with van der Waals surface area (Å²) < 4.78 is 0. The van der Waals surface area contributed by atoms with Crippen LogP contribution in [-0.4, -0.2) is 49.3 Å². The summed E-state index contributed by atoms with van der Waals surface area (Å²) >= 11 is 6.06. The Balaban J connectivity index is 1.76. The molecular formula is C26H24ClN5O4. The van der Waals surface area contributed by atoms with Gasteiger partial charge in [-0.2, -0.15) is 0 Å². The van der Waals surface area contributed by atoms with Crippen LogP contribution in [0.5, 0.6) is 0 Å². The first-order valence-corrected chi connectivity index (χ1v) is 11.4. The van der Waals surface area contributed by atoms with E-state index in [1.54, 1.807) is 41.1 Å². The predicted octanol–water partition coefficient (Wildman–Crippen LogP) is 4.71. The van der Waals surface area contributed by atoms with Gasteiger partial charge in [0.25, 0.3) is 11.6 Å². The fraction of sp³-hybridized carbons (Fsp3) is 0.154. The lowest BCUT2D eigenvalue weighted by Crippen LogP contribution is -2.34. The smallest absolute Gasteiger partial charge is 0.288 e. The van der Waals surface area contributed by atoms with Crippen LogP contribution in [-0.2, 0) is 9.59 Å². The van der Waals surface area contributed by atoms with Gasteiger partial charge in [-0.15, -0.1) is 0 Å². The second-order valence-electron chi connectivity index (χ2n) is 8.54. The standard InChI is InChI=1S/C26H24ClN5O4/c1-30(2)15-23(33)31(3)18-11-9-17(10-12-18)28-25(16-7-5-4-6-8-16)24-19-13-22(32(35)36)20(27)14-21(19)29-26(24)34/h4-14,28H,15H2,1-3H3,(H,29,34). The van der Waals surface area contributed by atoms with Crippen LogP contribution in [0, 0.1) is 10.1 Å². The Bertz CT molecular complexity index is 1370. The molecule has 0 radical (unpaired) electrons. The average molecular weight is 506 g/mol. The van der Waals surface area contributed by atoms with E-state index >= 15 is 0 Å². The van der Waals surface area contributed by atoms with Crippen LogP contribution in [0.3, 0.4) is 0 Å². The SMILES string of the molecule is CN(C)CC(=O)N(C)c1ccc(NC(=C2C(=O)Nc3cc(Cl)c([N+](=O)[O-])cc32)c2ccccc2)cc1. The first-order chi connectivity index (χ1) is 17.2. The quantitative estimate of drug-likeness (QED) is 0.273. The zero-order valence-electron chi connectivity index (χ0n) is 19.9. The van der Waals surface area contributed by atoms with Crippen molar-refractivity contribution >= 4 is 57.4 Å². The molecule has 9 nitrogen and oxygen atoms in total. The van der Waals surface area contributed by atoms with Gasteiger partial charge in [-0.25, -0.2) is 0 Å². The normalized spacial score (nSPS) is 13.8. The number of hydrogen-bond donors (Lipinski definition) is 2. The molecule has 3 aromatic carbocycles. The lowest BCUT2D eigenvalue weighted by Gasteiger charge is -2.20. The third kappa shape index (κ3) is 5.07. The van der Waals surface area contributed by atoms with E-state index in [1.165, 1.54) is 12.1 Å². The van der Waals surface area contributed by atoms with E-state index in [-0.39, 0.29) is 28.7 Å². The predicted molar refractivity (Wildman–Crippen MR) is 142 cm³/mol. The van der Waals surface area contributed by atoms with Crippen molar-refractivity contribution in [2.24, 2.45) is 0 Å². The highest BCUT2D eigenvalue weighted by Crippen LogP contribution is 2.42. The van der Waals surface area contributed by atoms with Crippen LogP contribution in [0.1, 0.15) is 11.1 Å². The molecule has 0 spiro atoms. The second-order valence-corrected chi connectivity index (χ2v) is 8.95. The minimum Gasteiger partial charge on any atom is -0.354 e. The summed E-state index contributed by atoms with van der Waals surface area (Å²) in [5, 5.41) is 17.5. The molecule has 0 saturated carbocycles. The van der Waals surface area contributed by atoms with Crippen molar-refractivity contribution in [3.63, 3.8) is 0 Å². The van der Waals surface area contributed by atoms with Crippen molar-refractivity contribution in [1.29, 1.82) is 0 Å². The van der Waals surface area contributed by atoms with Crippen LogP contribution < -0.4 is 15.5 Å². The van der Waals surface area contributed by atoms with E-state index in [0.717, 1.165) is 11.3 Å². The van der Waals surface area contributed by atoms with Crippen LogP contribution in [0.2, 0.25) is 5.02 Å². The number of anilines is 3. The Labute approximate surface area is 213 Å². The second kappa shape index (κ2) is 10.2. The number of fused-ring (bicyclic) bond motifs is 1. The maximum absolute atomic E-state index is 13.1. The molecule has 1 aliphatic rings. The maximum Gasteiger partial charge on any atom is 0.288 e. The van der Waals surface area contributed by atoms with Gasteiger partial charge in [0.1, 0.15) is 5.02 Å². The molecule has 2 amide bonds. The minimum atomic E-state index is -0.578. The molecule has 4 rings (SSSR count). The largest absolute Gasteiger partial charge is 0.354 e. The molecule has 0 saturated heterocycles. The van der Waals surface area contributed by atoms with E-state index in [2.05, 4.69) is 10.6 Å². The van der Waals surface area contributed by atoms with Crippen molar-refractivity contribution in [1.82, 2.24) is 4.90 Å². The Morgan fingerprint density at radius 2 is 1.72 bits per heavy atom. The summed E-state index contributed by atoms with van der Waals surface area (Å²) in [6.07, 6.45) is 0. The van der Waals surface area contributed by atoms with Gasteiger partial charge in [-0.1, -0.05) is 41.9 Å². The number of rotatable bonds is 7. The van der Waals surface area contributed by atoms with Gasteiger partial charge in [-0.05, 0) is 50.0 Å². The molecule has 2 N–H and O–H groups in total. The highest BCUT2D eigenvalue weighted by molar-refractivity contribution is 6.39. The number of nitrogens with one attached hydrogen (secondary N) is 2. The molecule has 0 fully saturated rings. The maximum atomic E-state index is 13.1.